The Balaban J connectivity index is 1.86. The molecule has 0 bridgehead atoms. The van der Waals surface area contributed by atoms with Crippen LogP contribution in [0.4, 0.5) is 0 Å². The summed E-state index contributed by atoms with van der Waals surface area (Å²) in [5.41, 5.74) is 2.16. The molecule has 35 heavy (non-hydrogen) atoms. The molecule has 1 saturated heterocycles. The first kappa shape index (κ1) is 27.6. The average Bonchev–Trinajstić information content (AvgIpc) is 3.35. The van der Waals surface area contributed by atoms with Gasteiger partial charge >= 0.3 is 5.97 Å². The van der Waals surface area contributed by atoms with Gasteiger partial charge in [0.25, 0.3) is 0 Å². The van der Waals surface area contributed by atoms with Crippen LogP contribution in [0.5, 0.6) is 0 Å². The number of hydrogen-bond acceptors (Lipinski definition) is 5. The van der Waals surface area contributed by atoms with Crippen LogP contribution in [-0.2, 0) is 18.7 Å². The molecular formula is C29H43NO4Si. The number of aromatic nitrogens is 1. The van der Waals surface area contributed by atoms with E-state index in [0.29, 0.717) is 19.8 Å². The molecule has 3 rings (SSSR count). The molecule has 3 unspecified atom stereocenters. The van der Waals surface area contributed by atoms with Crippen LogP contribution in [-0.4, -0.2) is 39.1 Å². The molecule has 1 fully saturated rings. The molecular weight excluding hydrogens is 454 g/mol. The van der Waals surface area contributed by atoms with E-state index in [1.54, 1.807) is 0 Å². The second kappa shape index (κ2) is 10.9. The molecule has 1 aliphatic rings. The minimum Gasteiger partial charge on any atom is -0.465 e. The highest BCUT2D eigenvalue weighted by Crippen LogP contribution is 2.40. The summed E-state index contributed by atoms with van der Waals surface area (Å²) in [6, 6.07) is 10.4. The summed E-state index contributed by atoms with van der Waals surface area (Å²) < 4.78 is 17.7. The van der Waals surface area contributed by atoms with Crippen LogP contribution < -0.4 is 0 Å². The highest BCUT2D eigenvalue weighted by atomic mass is 28.4. The van der Waals surface area contributed by atoms with Crippen molar-refractivity contribution in [1.82, 2.24) is 4.98 Å². The molecule has 1 aromatic carbocycles. The fraction of sp³-hybridized carbons (Fsp3) is 0.586. The second-order valence-corrected chi connectivity index (χ2v) is 16.3. The van der Waals surface area contributed by atoms with Crippen molar-refractivity contribution in [2.24, 2.45) is 11.3 Å². The predicted octanol–water partition coefficient (Wildman–Crippen LogP) is 7.33. The summed E-state index contributed by atoms with van der Waals surface area (Å²) in [5, 5.41) is 1.23. The first-order chi connectivity index (χ1) is 16.4. The number of benzene rings is 1. The normalized spacial score (nSPS) is 19.7. The third-order valence-corrected chi connectivity index (χ3v) is 12.3. The maximum atomic E-state index is 13.0. The summed E-state index contributed by atoms with van der Waals surface area (Å²) in [6.07, 6.45) is 5.62. The summed E-state index contributed by atoms with van der Waals surface area (Å²) in [4.78, 5) is 17.9. The number of pyridine rings is 1. The second-order valence-electron chi connectivity index (χ2n) is 11.5. The van der Waals surface area contributed by atoms with Crippen LogP contribution in [0.2, 0.25) is 18.1 Å². The lowest BCUT2D eigenvalue weighted by atomic mass is 9.76. The van der Waals surface area contributed by atoms with Gasteiger partial charge in [0.05, 0.1) is 35.9 Å². The Bertz CT molecular complexity index is 1050. The van der Waals surface area contributed by atoms with Crippen molar-refractivity contribution in [3.8, 4) is 0 Å². The third kappa shape index (κ3) is 6.41. The van der Waals surface area contributed by atoms with Crippen molar-refractivity contribution in [2.45, 2.75) is 78.6 Å². The van der Waals surface area contributed by atoms with Crippen LogP contribution in [0.3, 0.4) is 0 Å². The molecule has 0 N–H and O–H groups in total. The summed E-state index contributed by atoms with van der Waals surface area (Å²) in [5.74, 6) is -0.0643. The Morgan fingerprint density at radius 2 is 1.94 bits per heavy atom. The Labute approximate surface area is 212 Å². The topological polar surface area (TPSA) is 57.7 Å². The molecule has 2 aromatic rings. The van der Waals surface area contributed by atoms with E-state index >= 15 is 0 Å². The minimum atomic E-state index is -1.90. The van der Waals surface area contributed by atoms with E-state index in [-0.39, 0.29) is 23.0 Å². The fourth-order valence-electron chi connectivity index (χ4n) is 4.16. The number of esters is 1. The van der Waals surface area contributed by atoms with E-state index in [2.05, 4.69) is 71.1 Å². The van der Waals surface area contributed by atoms with Crippen molar-refractivity contribution in [3.05, 3.63) is 47.7 Å². The van der Waals surface area contributed by atoms with Crippen LogP contribution in [0, 0.1) is 11.3 Å². The van der Waals surface area contributed by atoms with Gasteiger partial charge in [0.1, 0.15) is 0 Å². The molecule has 6 heteroatoms. The summed E-state index contributed by atoms with van der Waals surface area (Å²) in [7, 11) is -1.90. The van der Waals surface area contributed by atoms with Gasteiger partial charge in [-0.05, 0) is 62.5 Å². The van der Waals surface area contributed by atoms with Gasteiger partial charge in [0, 0.05) is 17.9 Å². The maximum Gasteiger partial charge on any atom is 0.316 e. The monoisotopic (exact) mass is 497 g/mol. The molecule has 3 atom stereocenters. The number of hydrogen-bond donors (Lipinski definition) is 0. The van der Waals surface area contributed by atoms with Crippen molar-refractivity contribution in [3.63, 3.8) is 0 Å². The molecule has 0 radical (unpaired) electrons. The van der Waals surface area contributed by atoms with Gasteiger partial charge in [-0.25, -0.2) is 0 Å². The maximum absolute atomic E-state index is 13.0. The average molecular weight is 498 g/mol. The third-order valence-electron chi connectivity index (χ3n) is 7.71. The van der Waals surface area contributed by atoms with E-state index in [4.69, 9.17) is 18.9 Å². The van der Waals surface area contributed by atoms with Gasteiger partial charge in [-0.15, -0.1) is 0 Å². The van der Waals surface area contributed by atoms with Gasteiger partial charge < -0.3 is 13.9 Å². The van der Waals surface area contributed by atoms with E-state index in [0.717, 1.165) is 35.0 Å². The predicted molar refractivity (Wildman–Crippen MR) is 146 cm³/mol. The van der Waals surface area contributed by atoms with E-state index in [1.165, 1.54) is 0 Å². The van der Waals surface area contributed by atoms with Gasteiger partial charge in [-0.3, -0.25) is 9.78 Å². The molecule has 0 saturated carbocycles. The molecule has 192 valence electrons. The Kier molecular flexibility index (Phi) is 8.61. The lowest BCUT2D eigenvalue weighted by molar-refractivity contribution is -0.155. The lowest BCUT2D eigenvalue weighted by Gasteiger charge is -2.38. The zero-order valence-corrected chi connectivity index (χ0v) is 23.8. The molecule has 0 amide bonds. The van der Waals surface area contributed by atoms with E-state index < -0.39 is 13.7 Å². The van der Waals surface area contributed by atoms with Crippen LogP contribution >= 0.6 is 0 Å². The van der Waals surface area contributed by atoms with Crippen molar-refractivity contribution in [2.75, 3.05) is 19.8 Å². The fourth-order valence-corrected chi connectivity index (χ4v) is 5.52. The summed E-state index contributed by atoms with van der Waals surface area (Å²) >= 11 is 0. The number of ether oxygens (including phenoxy) is 2. The zero-order valence-electron chi connectivity index (χ0n) is 22.8. The number of carbonyl (C=O) groups excluding carboxylic acids is 1. The van der Waals surface area contributed by atoms with Crippen molar-refractivity contribution >= 4 is 31.3 Å². The molecule has 5 nitrogen and oxygen atoms in total. The first-order valence-electron chi connectivity index (χ1n) is 12.9. The van der Waals surface area contributed by atoms with Crippen molar-refractivity contribution < 1.29 is 18.7 Å². The molecule has 0 aliphatic carbocycles. The lowest BCUT2D eigenvalue weighted by Crippen LogP contribution is -2.41. The summed E-state index contributed by atoms with van der Waals surface area (Å²) in [6.45, 7) is 19.1. The molecule has 2 heterocycles. The number of fused-ring (bicyclic) bond motifs is 1. The van der Waals surface area contributed by atoms with Gasteiger partial charge in [0.15, 0.2) is 8.32 Å². The van der Waals surface area contributed by atoms with Gasteiger partial charge in [-0.1, -0.05) is 58.0 Å². The zero-order chi connectivity index (χ0) is 25.9. The first-order valence-corrected chi connectivity index (χ1v) is 15.8. The quantitative estimate of drug-likeness (QED) is 0.268. The molecule has 0 spiro atoms. The van der Waals surface area contributed by atoms with Gasteiger partial charge in [-0.2, -0.15) is 0 Å². The number of carbonyl (C=O) groups is 1. The Hall–Kier alpha value is -2.02. The van der Waals surface area contributed by atoms with Crippen molar-refractivity contribution in [1.29, 1.82) is 0 Å². The van der Waals surface area contributed by atoms with E-state index in [9.17, 15) is 4.79 Å². The standard InChI is InChI=1S/C29H43NO4Si/c1-9-17-33-27(31)29(6,24-15-18-32-20-24)16-14-22-10-11-23-12-13-25(30-26(23)19-22)21(2)34-35(7,8)28(3,4)5/h10-14,16,19,21,24H,9,15,17-18,20H2,1-8H3. The molecule has 1 aromatic heterocycles. The Morgan fingerprint density at radius 1 is 1.23 bits per heavy atom. The van der Waals surface area contributed by atoms with Crippen LogP contribution in [0.25, 0.3) is 17.0 Å². The minimum absolute atomic E-state index is 0.0708. The smallest absolute Gasteiger partial charge is 0.316 e. The van der Waals surface area contributed by atoms with Gasteiger partial charge in [0.2, 0.25) is 0 Å². The van der Waals surface area contributed by atoms with Crippen LogP contribution in [0.15, 0.2) is 36.4 Å². The highest BCUT2D eigenvalue weighted by Gasteiger charge is 2.42. The SMILES string of the molecule is CCCOC(=O)C(C)(C=Cc1ccc2ccc(C(C)O[Si](C)(C)C(C)(C)C)nc2c1)C1CCOC1. The molecule has 1 aliphatic heterocycles. The largest absolute Gasteiger partial charge is 0.465 e. The highest BCUT2D eigenvalue weighted by molar-refractivity contribution is 6.74. The van der Waals surface area contributed by atoms with Crippen LogP contribution in [0.1, 0.15) is 71.7 Å². The van der Waals surface area contributed by atoms with E-state index in [1.807, 2.05) is 26.0 Å². The number of rotatable bonds is 9. The Morgan fingerprint density at radius 3 is 2.57 bits per heavy atom. The number of nitrogens with zero attached hydrogens (tertiary/aromatic N) is 1.